The van der Waals surface area contributed by atoms with Gasteiger partial charge in [0.05, 0.1) is 5.92 Å². The van der Waals surface area contributed by atoms with Crippen molar-refractivity contribution in [3.8, 4) is 0 Å². The number of nitrogens with one attached hydrogen (secondary N) is 1. The maximum absolute atomic E-state index is 12.4. The molecule has 0 spiro atoms. The van der Waals surface area contributed by atoms with Crippen molar-refractivity contribution >= 4 is 44.4 Å². The van der Waals surface area contributed by atoms with E-state index >= 15 is 0 Å². The van der Waals surface area contributed by atoms with Crippen molar-refractivity contribution in [3.05, 3.63) is 40.9 Å². The molecule has 1 fully saturated rings. The molecule has 2 aromatic carbocycles. The molecule has 0 saturated carbocycles. The Morgan fingerprint density at radius 3 is 2.60 bits per heavy atom. The summed E-state index contributed by atoms with van der Waals surface area (Å²) in [5.41, 5.74) is 0.232. The highest BCUT2D eigenvalue weighted by Gasteiger charge is 2.37. The van der Waals surface area contributed by atoms with Crippen LogP contribution in [0.1, 0.15) is 20.8 Å². The molecule has 1 aliphatic heterocycles. The van der Waals surface area contributed by atoms with Gasteiger partial charge >= 0.3 is 6.09 Å². The number of rotatable bonds is 2. The first kappa shape index (κ1) is 17.7. The molecule has 0 aliphatic carbocycles. The van der Waals surface area contributed by atoms with Crippen LogP contribution in [0.15, 0.2) is 40.9 Å². The summed E-state index contributed by atoms with van der Waals surface area (Å²) in [7, 11) is 0. The number of nitrogens with zero attached hydrogens (tertiary/aromatic N) is 1. The molecule has 0 atom stereocenters. The SMILES string of the molecule is CC(C)(C)OC(=O)N1CC(C(=O)Nc2ccc3c(Br)cccc3c2)C1. The average molecular weight is 405 g/mol. The van der Waals surface area contributed by atoms with Crippen LogP contribution in [0.2, 0.25) is 0 Å². The molecule has 1 saturated heterocycles. The van der Waals surface area contributed by atoms with Gasteiger partial charge in [0.15, 0.2) is 0 Å². The third-order valence-electron chi connectivity index (χ3n) is 4.00. The highest BCUT2D eigenvalue weighted by Crippen LogP contribution is 2.27. The zero-order chi connectivity index (χ0) is 18.2. The Balaban J connectivity index is 1.58. The molecule has 1 N–H and O–H groups in total. The maximum atomic E-state index is 12.4. The highest BCUT2D eigenvalue weighted by molar-refractivity contribution is 9.10. The van der Waals surface area contributed by atoms with Gasteiger partial charge in [-0.15, -0.1) is 0 Å². The van der Waals surface area contributed by atoms with Crippen LogP contribution in [-0.2, 0) is 9.53 Å². The first-order valence-corrected chi connectivity index (χ1v) is 8.99. The van der Waals surface area contributed by atoms with E-state index in [2.05, 4.69) is 21.2 Å². The van der Waals surface area contributed by atoms with Crippen LogP contribution in [0.25, 0.3) is 10.8 Å². The number of hydrogen-bond donors (Lipinski definition) is 1. The molecule has 5 nitrogen and oxygen atoms in total. The standard InChI is InChI=1S/C19H21BrN2O3/c1-19(2,3)25-18(24)22-10-13(11-22)17(23)21-14-7-8-15-12(9-14)5-4-6-16(15)20/h4-9,13H,10-11H2,1-3H3,(H,21,23). The molecular formula is C19H21BrN2O3. The quantitative estimate of drug-likeness (QED) is 0.806. The molecule has 132 valence electrons. The second kappa shape index (κ2) is 6.67. The second-order valence-corrected chi connectivity index (χ2v) is 8.10. The van der Waals surface area contributed by atoms with Gasteiger partial charge < -0.3 is 15.0 Å². The van der Waals surface area contributed by atoms with Crippen LogP contribution in [0, 0.1) is 5.92 Å². The third kappa shape index (κ3) is 4.12. The normalized spacial score (nSPS) is 15.0. The second-order valence-electron chi connectivity index (χ2n) is 7.25. The lowest BCUT2D eigenvalue weighted by Gasteiger charge is -2.38. The van der Waals surface area contributed by atoms with Crippen molar-refractivity contribution < 1.29 is 14.3 Å². The number of halogens is 1. The zero-order valence-electron chi connectivity index (χ0n) is 14.5. The van der Waals surface area contributed by atoms with Crippen LogP contribution < -0.4 is 5.32 Å². The maximum Gasteiger partial charge on any atom is 0.410 e. The van der Waals surface area contributed by atoms with Gasteiger partial charge in [-0.05, 0) is 49.7 Å². The Bertz CT molecular complexity index is 823. The van der Waals surface area contributed by atoms with Gasteiger partial charge in [-0.2, -0.15) is 0 Å². The predicted molar refractivity (Wildman–Crippen MR) is 102 cm³/mol. The fraction of sp³-hybridized carbons (Fsp3) is 0.368. The number of anilines is 1. The molecule has 3 rings (SSSR count). The monoisotopic (exact) mass is 404 g/mol. The van der Waals surface area contributed by atoms with Gasteiger partial charge in [-0.1, -0.05) is 34.1 Å². The molecule has 1 heterocycles. The van der Waals surface area contributed by atoms with Crippen molar-refractivity contribution in [2.75, 3.05) is 18.4 Å². The third-order valence-corrected chi connectivity index (χ3v) is 4.69. The van der Waals surface area contributed by atoms with Crippen LogP contribution in [0.5, 0.6) is 0 Å². The average Bonchev–Trinajstić information content (AvgIpc) is 2.43. The van der Waals surface area contributed by atoms with E-state index in [1.807, 2.05) is 57.2 Å². The van der Waals surface area contributed by atoms with Gasteiger partial charge in [0, 0.05) is 23.2 Å². The van der Waals surface area contributed by atoms with Crippen LogP contribution in [0.3, 0.4) is 0 Å². The van der Waals surface area contributed by atoms with E-state index in [-0.39, 0.29) is 17.9 Å². The number of carbonyl (C=O) groups is 2. The molecule has 0 bridgehead atoms. The first-order valence-electron chi connectivity index (χ1n) is 8.20. The van der Waals surface area contributed by atoms with Crippen molar-refractivity contribution in [1.29, 1.82) is 0 Å². The van der Waals surface area contributed by atoms with E-state index in [4.69, 9.17) is 4.74 Å². The van der Waals surface area contributed by atoms with Gasteiger partial charge in [-0.3, -0.25) is 4.79 Å². The number of fused-ring (bicyclic) bond motifs is 1. The number of amides is 2. The van der Waals surface area contributed by atoms with E-state index < -0.39 is 5.60 Å². The van der Waals surface area contributed by atoms with Crippen LogP contribution in [0.4, 0.5) is 10.5 Å². The molecule has 6 heteroatoms. The Morgan fingerprint density at radius 1 is 1.20 bits per heavy atom. The Labute approximate surface area is 155 Å². The lowest BCUT2D eigenvalue weighted by molar-refractivity contribution is -0.124. The minimum absolute atomic E-state index is 0.0749. The molecule has 1 aliphatic rings. The van der Waals surface area contributed by atoms with Crippen LogP contribution in [-0.4, -0.2) is 35.6 Å². The summed E-state index contributed by atoms with van der Waals surface area (Å²) < 4.78 is 6.32. The summed E-state index contributed by atoms with van der Waals surface area (Å²) in [6.07, 6.45) is -0.368. The molecule has 0 unspecified atom stereocenters. The Kier molecular flexibility index (Phi) is 4.73. The smallest absolute Gasteiger partial charge is 0.410 e. The van der Waals surface area contributed by atoms with E-state index in [1.165, 1.54) is 0 Å². The minimum Gasteiger partial charge on any atom is -0.444 e. The minimum atomic E-state index is -0.524. The fourth-order valence-corrected chi connectivity index (χ4v) is 3.20. The van der Waals surface area contributed by atoms with E-state index in [0.29, 0.717) is 13.1 Å². The first-order chi connectivity index (χ1) is 11.7. The topological polar surface area (TPSA) is 58.6 Å². The largest absolute Gasteiger partial charge is 0.444 e. The van der Waals surface area contributed by atoms with Gasteiger partial charge in [0.1, 0.15) is 5.60 Å². The highest BCUT2D eigenvalue weighted by atomic mass is 79.9. The van der Waals surface area contributed by atoms with E-state index in [1.54, 1.807) is 4.90 Å². The number of likely N-dealkylation sites (tertiary alicyclic amines) is 1. The van der Waals surface area contributed by atoms with Gasteiger partial charge in [-0.25, -0.2) is 4.79 Å². The summed E-state index contributed by atoms with van der Waals surface area (Å²) in [4.78, 5) is 25.8. The van der Waals surface area contributed by atoms with Crippen molar-refractivity contribution in [3.63, 3.8) is 0 Å². The Morgan fingerprint density at radius 2 is 1.92 bits per heavy atom. The molecule has 0 aromatic heterocycles. The Hall–Kier alpha value is -2.08. The predicted octanol–water partition coefficient (Wildman–Crippen LogP) is 4.41. The van der Waals surface area contributed by atoms with E-state index in [9.17, 15) is 9.59 Å². The number of benzene rings is 2. The summed E-state index contributed by atoms with van der Waals surface area (Å²) >= 11 is 3.52. The molecule has 2 aromatic rings. The van der Waals surface area contributed by atoms with Crippen molar-refractivity contribution in [1.82, 2.24) is 4.90 Å². The summed E-state index contributed by atoms with van der Waals surface area (Å²) in [6, 6.07) is 11.8. The van der Waals surface area contributed by atoms with Crippen molar-refractivity contribution in [2.45, 2.75) is 26.4 Å². The molecule has 2 amide bonds. The number of ether oxygens (including phenoxy) is 1. The molecule has 0 radical (unpaired) electrons. The van der Waals surface area contributed by atoms with Gasteiger partial charge in [0.25, 0.3) is 0 Å². The summed E-state index contributed by atoms with van der Waals surface area (Å²) in [6.45, 7) is 6.26. The lowest BCUT2D eigenvalue weighted by atomic mass is 9.99. The summed E-state index contributed by atoms with van der Waals surface area (Å²) in [5, 5.41) is 5.08. The summed E-state index contributed by atoms with van der Waals surface area (Å²) in [5.74, 6) is -0.278. The van der Waals surface area contributed by atoms with Crippen molar-refractivity contribution in [2.24, 2.45) is 5.92 Å². The van der Waals surface area contributed by atoms with Gasteiger partial charge in [0.2, 0.25) is 5.91 Å². The molecular weight excluding hydrogens is 384 g/mol. The fourth-order valence-electron chi connectivity index (χ4n) is 2.69. The lowest BCUT2D eigenvalue weighted by Crippen LogP contribution is -2.55. The zero-order valence-corrected chi connectivity index (χ0v) is 16.1. The number of carbonyl (C=O) groups excluding carboxylic acids is 2. The van der Waals surface area contributed by atoms with Crippen LogP contribution >= 0.6 is 15.9 Å². The molecule has 25 heavy (non-hydrogen) atoms. The van der Waals surface area contributed by atoms with E-state index in [0.717, 1.165) is 20.9 Å². The number of hydrogen-bond acceptors (Lipinski definition) is 3.